The van der Waals surface area contributed by atoms with Crippen LogP contribution in [-0.2, 0) is 6.42 Å². The first-order valence-electron chi connectivity index (χ1n) is 9.76. The number of aryl methyl sites for hydroxylation is 1. The van der Waals surface area contributed by atoms with Gasteiger partial charge < -0.3 is 15.5 Å². The van der Waals surface area contributed by atoms with Crippen molar-refractivity contribution in [1.29, 1.82) is 0 Å². The number of hydrogen-bond acceptors (Lipinski definition) is 3. The van der Waals surface area contributed by atoms with E-state index in [1.165, 1.54) is 30.6 Å². The molecular formula is C21H25N3O2S. The molecule has 0 bridgehead atoms. The molecule has 4 rings (SSSR count). The van der Waals surface area contributed by atoms with Gasteiger partial charge in [0.15, 0.2) is 0 Å². The Bertz CT molecular complexity index is 813. The number of nitrogens with one attached hydrogen (secondary N) is 2. The Morgan fingerprint density at radius 2 is 1.93 bits per heavy atom. The highest BCUT2D eigenvalue weighted by Crippen LogP contribution is 2.31. The number of carbonyl (C=O) groups excluding carboxylic acids is 2. The lowest BCUT2D eigenvalue weighted by Gasteiger charge is -2.29. The van der Waals surface area contributed by atoms with Crippen molar-refractivity contribution in [3.05, 3.63) is 46.2 Å². The van der Waals surface area contributed by atoms with E-state index in [-0.39, 0.29) is 18.0 Å². The lowest BCUT2D eigenvalue weighted by atomic mass is 9.96. The van der Waals surface area contributed by atoms with Crippen LogP contribution in [0.5, 0.6) is 0 Å². The number of nitrogens with zero attached hydrogens (tertiary/aromatic N) is 1. The molecule has 6 heteroatoms. The van der Waals surface area contributed by atoms with Crippen molar-refractivity contribution in [3.63, 3.8) is 0 Å². The Morgan fingerprint density at radius 1 is 1.07 bits per heavy atom. The molecule has 0 spiro atoms. The fraction of sp³-hybridized carbons (Fsp3) is 0.429. The number of fused-ring (bicyclic) bond motifs is 1. The molecule has 1 aliphatic heterocycles. The highest BCUT2D eigenvalue weighted by atomic mass is 32.1. The van der Waals surface area contributed by atoms with Crippen molar-refractivity contribution in [2.45, 2.75) is 51.0 Å². The molecule has 0 saturated heterocycles. The van der Waals surface area contributed by atoms with E-state index < -0.39 is 0 Å². The van der Waals surface area contributed by atoms with E-state index in [0.29, 0.717) is 0 Å². The fourth-order valence-electron chi connectivity index (χ4n) is 4.02. The van der Waals surface area contributed by atoms with Crippen LogP contribution in [0.15, 0.2) is 35.7 Å². The monoisotopic (exact) mass is 383 g/mol. The first-order valence-corrected chi connectivity index (χ1v) is 10.6. The highest BCUT2D eigenvalue weighted by Gasteiger charge is 2.24. The molecule has 1 aromatic carbocycles. The molecule has 3 amide bonds. The van der Waals surface area contributed by atoms with E-state index in [9.17, 15) is 9.59 Å². The maximum atomic E-state index is 12.8. The quantitative estimate of drug-likeness (QED) is 0.800. The Balaban J connectivity index is 1.45. The molecule has 27 heavy (non-hydrogen) atoms. The van der Waals surface area contributed by atoms with Crippen LogP contribution < -0.4 is 15.5 Å². The minimum atomic E-state index is -0.135. The van der Waals surface area contributed by atoms with Gasteiger partial charge in [-0.05, 0) is 60.9 Å². The summed E-state index contributed by atoms with van der Waals surface area (Å²) in [5.41, 5.74) is 2.85. The molecule has 1 saturated carbocycles. The SMILES string of the molecule is O=C(Nc1ccc2c(c1)CCCN2C(=O)c1cccs1)NC1CCCCC1. The number of rotatable bonds is 3. The van der Waals surface area contributed by atoms with E-state index in [1.807, 2.05) is 40.6 Å². The topological polar surface area (TPSA) is 61.4 Å². The molecule has 5 nitrogen and oxygen atoms in total. The zero-order chi connectivity index (χ0) is 18.6. The third-order valence-corrected chi connectivity index (χ3v) is 6.23. The standard InChI is InChI=1S/C21H25N3O2S/c25-20(19-9-5-13-27-19)24-12-4-6-15-14-17(10-11-18(15)24)23-21(26)22-16-7-2-1-3-8-16/h5,9-11,13-14,16H,1-4,6-8,12H2,(H2,22,23,26). The maximum absolute atomic E-state index is 12.8. The Morgan fingerprint density at radius 3 is 2.70 bits per heavy atom. The number of hydrogen-bond donors (Lipinski definition) is 2. The van der Waals surface area contributed by atoms with Gasteiger partial charge in [0, 0.05) is 24.0 Å². The van der Waals surface area contributed by atoms with Crippen LogP contribution in [0.25, 0.3) is 0 Å². The van der Waals surface area contributed by atoms with Gasteiger partial charge in [0.05, 0.1) is 4.88 Å². The molecule has 1 aliphatic carbocycles. The summed E-state index contributed by atoms with van der Waals surface area (Å²) in [7, 11) is 0. The normalized spacial score (nSPS) is 17.3. The van der Waals surface area contributed by atoms with Gasteiger partial charge in [-0.15, -0.1) is 11.3 Å². The summed E-state index contributed by atoms with van der Waals surface area (Å²) < 4.78 is 0. The van der Waals surface area contributed by atoms with Crippen LogP contribution in [-0.4, -0.2) is 24.5 Å². The lowest BCUT2D eigenvalue weighted by Crippen LogP contribution is -2.39. The number of thiophene rings is 1. The fourth-order valence-corrected chi connectivity index (χ4v) is 4.69. The molecule has 0 unspecified atom stereocenters. The van der Waals surface area contributed by atoms with E-state index in [1.54, 1.807) is 0 Å². The zero-order valence-corrected chi connectivity index (χ0v) is 16.2. The second kappa shape index (κ2) is 8.13. The summed E-state index contributed by atoms with van der Waals surface area (Å²) >= 11 is 1.47. The van der Waals surface area contributed by atoms with Crippen molar-refractivity contribution >= 4 is 34.6 Å². The second-order valence-corrected chi connectivity index (χ2v) is 8.26. The van der Waals surface area contributed by atoms with Gasteiger partial charge in [-0.1, -0.05) is 25.3 Å². The minimum Gasteiger partial charge on any atom is -0.335 e. The summed E-state index contributed by atoms with van der Waals surface area (Å²) in [5.74, 6) is 0.0571. The second-order valence-electron chi connectivity index (χ2n) is 7.31. The van der Waals surface area contributed by atoms with Crippen molar-refractivity contribution in [2.24, 2.45) is 0 Å². The molecule has 2 aliphatic rings. The van der Waals surface area contributed by atoms with E-state index in [4.69, 9.17) is 0 Å². The van der Waals surface area contributed by atoms with Crippen molar-refractivity contribution in [2.75, 3.05) is 16.8 Å². The molecule has 0 atom stereocenters. The first kappa shape index (κ1) is 18.0. The molecule has 1 fully saturated rings. The lowest BCUT2D eigenvalue weighted by molar-refractivity contribution is 0.0989. The van der Waals surface area contributed by atoms with E-state index >= 15 is 0 Å². The van der Waals surface area contributed by atoms with Crippen molar-refractivity contribution in [3.8, 4) is 0 Å². The van der Waals surface area contributed by atoms with E-state index in [2.05, 4.69) is 10.6 Å². The Hall–Kier alpha value is -2.34. The minimum absolute atomic E-state index is 0.0571. The third-order valence-electron chi connectivity index (χ3n) is 5.37. The van der Waals surface area contributed by atoms with E-state index in [0.717, 1.165) is 54.0 Å². The highest BCUT2D eigenvalue weighted by molar-refractivity contribution is 7.12. The number of anilines is 2. The molecule has 142 valence electrons. The van der Waals surface area contributed by atoms with Crippen molar-refractivity contribution < 1.29 is 9.59 Å². The van der Waals surface area contributed by atoms with Gasteiger partial charge in [0.25, 0.3) is 5.91 Å². The summed E-state index contributed by atoms with van der Waals surface area (Å²) in [5, 5.41) is 7.97. The average molecular weight is 384 g/mol. The summed E-state index contributed by atoms with van der Waals surface area (Å²) in [6, 6.07) is 9.77. The van der Waals surface area contributed by atoms with Crippen LogP contribution >= 0.6 is 11.3 Å². The smallest absolute Gasteiger partial charge is 0.319 e. The summed E-state index contributed by atoms with van der Waals surface area (Å²) in [6.45, 7) is 0.735. The molecule has 2 N–H and O–H groups in total. The largest absolute Gasteiger partial charge is 0.335 e. The Kier molecular flexibility index (Phi) is 5.43. The van der Waals surface area contributed by atoms with Gasteiger partial charge in [-0.2, -0.15) is 0 Å². The van der Waals surface area contributed by atoms with Gasteiger partial charge >= 0.3 is 6.03 Å². The number of urea groups is 1. The van der Waals surface area contributed by atoms with Crippen LogP contribution in [0.2, 0.25) is 0 Å². The number of amides is 3. The van der Waals surface area contributed by atoms with Gasteiger partial charge in [-0.25, -0.2) is 4.79 Å². The van der Waals surface area contributed by atoms with Crippen molar-refractivity contribution in [1.82, 2.24) is 5.32 Å². The number of carbonyl (C=O) groups is 2. The molecular weight excluding hydrogens is 358 g/mol. The van der Waals surface area contributed by atoms with Gasteiger partial charge in [-0.3, -0.25) is 4.79 Å². The predicted octanol–water partition coefficient (Wildman–Crippen LogP) is 4.80. The molecule has 2 heterocycles. The third kappa shape index (κ3) is 4.16. The van der Waals surface area contributed by atoms with Crippen LogP contribution in [0.3, 0.4) is 0 Å². The molecule has 0 radical (unpaired) electrons. The first-order chi connectivity index (χ1) is 13.2. The number of benzene rings is 1. The van der Waals surface area contributed by atoms with Gasteiger partial charge in [0.2, 0.25) is 0 Å². The zero-order valence-electron chi connectivity index (χ0n) is 15.4. The predicted molar refractivity (Wildman–Crippen MR) is 110 cm³/mol. The van der Waals surface area contributed by atoms with Crippen LogP contribution in [0, 0.1) is 0 Å². The maximum Gasteiger partial charge on any atom is 0.319 e. The summed E-state index contributed by atoms with van der Waals surface area (Å²) in [6.07, 6.45) is 7.64. The average Bonchev–Trinajstić information content (AvgIpc) is 3.22. The molecule has 1 aromatic heterocycles. The van der Waals surface area contributed by atoms with Crippen LogP contribution in [0.4, 0.5) is 16.2 Å². The molecule has 2 aromatic rings. The van der Waals surface area contributed by atoms with Gasteiger partial charge in [0.1, 0.15) is 0 Å². The van der Waals surface area contributed by atoms with Crippen LogP contribution in [0.1, 0.15) is 53.8 Å². The Labute approximate surface area is 163 Å². The summed E-state index contributed by atoms with van der Waals surface area (Å²) in [4.78, 5) is 27.7.